The zero-order valence-corrected chi connectivity index (χ0v) is 14.1. The number of aliphatic hydroxyl groups excluding tert-OH is 1. The maximum Gasteiger partial charge on any atom is 0.330 e. The average molecular weight is 357 g/mol. The molecule has 1 saturated heterocycles. The number of unbranched alkanes of at least 4 members (excludes halogenated alkanes) is 3. The quantitative estimate of drug-likeness (QED) is 0.259. The highest BCUT2D eigenvalue weighted by Crippen LogP contribution is 2.27. The lowest BCUT2D eigenvalue weighted by Crippen LogP contribution is -2.33. The van der Waals surface area contributed by atoms with Crippen LogP contribution in [0.15, 0.2) is 20.9 Å². The Balaban J connectivity index is 2.14. The SMILES string of the molecule is C#CCCCCC#Cc1cn([C@H]2C[C@H](O)[C@@H](CN=[N+]=[N-])O2)c(=O)[nH]c1=O. The van der Waals surface area contributed by atoms with Gasteiger partial charge >= 0.3 is 5.69 Å². The molecule has 9 heteroatoms. The third-order valence-electron chi connectivity index (χ3n) is 3.90. The first-order valence-electron chi connectivity index (χ1n) is 8.19. The summed E-state index contributed by atoms with van der Waals surface area (Å²) >= 11 is 0. The monoisotopic (exact) mass is 357 g/mol. The Kier molecular flexibility index (Phi) is 7.07. The predicted molar refractivity (Wildman–Crippen MR) is 94.0 cm³/mol. The Bertz CT molecular complexity index is 895. The highest BCUT2D eigenvalue weighted by Gasteiger charge is 2.35. The smallest absolute Gasteiger partial charge is 0.330 e. The molecular weight excluding hydrogens is 338 g/mol. The average Bonchev–Trinajstić information content (AvgIpc) is 2.98. The summed E-state index contributed by atoms with van der Waals surface area (Å²) in [5.41, 5.74) is 7.26. The van der Waals surface area contributed by atoms with Crippen molar-refractivity contribution in [3.63, 3.8) is 0 Å². The summed E-state index contributed by atoms with van der Waals surface area (Å²) in [6, 6.07) is 0. The van der Waals surface area contributed by atoms with Crippen molar-refractivity contribution in [3.8, 4) is 24.2 Å². The third kappa shape index (κ3) is 5.01. The molecule has 0 bridgehead atoms. The molecule has 1 aliphatic heterocycles. The van der Waals surface area contributed by atoms with Crippen molar-refractivity contribution < 1.29 is 9.84 Å². The van der Waals surface area contributed by atoms with Crippen molar-refractivity contribution in [1.29, 1.82) is 0 Å². The van der Waals surface area contributed by atoms with Crippen LogP contribution in [-0.2, 0) is 4.74 Å². The van der Waals surface area contributed by atoms with Crippen LogP contribution in [0.4, 0.5) is 0 Å². The van der Waals surface area contributed by atoms with Crippen LogP contribution in [0.3, 0.4) is 0 Å². The van der Waals surface area contributed by atoms with Crippen molar-refractivity contribution in [3.05, 3.63) is 43.0 Å². The largest absolute Gasteiger partial charge is 0.390 e. The molecule has 0 radical (unpaired) electrons. The summed E-state index contributed by atoms with van der Waals surface area (Å²) in [6.07, 6.45) is 7.24. The molecule has 136 valence electrons. The van der Waals surface area contributed by atoms with Gasteiger partial charge in [0.15, 0.2) is 0 Å². The van der Waals surface area contributed by atoms with Crippen molar-refractivity contribution in [1.82, 2.24) is 9.55 Å². The van der Waals surface area contributed by atoms with Crippen LogP contribution < -0.4 is 11.2 Å². The Morgan fingerprint density at radius 3 is 2.96 bits per heavy atom. The molecule has 0 unspecified atom stereocenters. The minimum absolute atomic E-state index is 0.0450. The number of hydrogen-bond donors (Lipinski definition) is 2. The molecule has 0 spiro atoms. The molecule has 26 heavy (non-hydrogen) atoms. The number of rotatable bonds is 6. The second-order valence-corrected chi connectivity index (χ2v) is 5.77. The summed E-state index contributed by atoms with van der Waals surface area (Å²) in [7, 11) is 0. The van der Waals surface area contributed by atoms with E-state index in [1.807, 2.05) is 0 Å². The number of aliphatic hydroxyl groups is 1. The lowest BCUT2D eigenvalue weighted by Gasteiger charge is -2.14. The molecule has 2 N–H and O–H groups in total. The first-order chi connectivity index (χ1) is 12.6. The van der Waals surface area contributed by atoms with Crippen LogP contribution in [0.5, 0.6) is 0 Å². The molecule has 2 heterocycles. The molecule has 1 fully saturated rings. The molecular formula is C17H19N5O4. The van der Waals surface area contributed by atoms with E-state index in [0.29, 0.717) is 12.8 Å². The lowest BCUT2D eigenvalue weighted by molar-refractivity contribution is -0.0151. The number of nitrogens with one attached hydrogen (secondary N) is 1. The summed E-state index contributed by atoms with van der Waals surface area (Å²) in [6.45, 7) is -0.0450. The van der Waals surface area contributed by atoms with E-state index in [-0.39, 0.29) is 18.5 Å². The van der Waals surface area contributed by atoms with Crippen molar-refractivity contribution in [2.45, 2.75) is 50.5 Å². The fourth-order valence-corrected chi connectivity index (χ4v) is 2.55. The van der Waals surface area contributed by atoms with Crippen LogP contribution in [-0.4, -0.2) is 33.4 Å². The lowest BCUT2D eigenvalue weighted by atomic mass is 10.2. The summed E-state index contributed by atoms with van der Waals surface area (Å²) < 4.78 is 6.75. The van der Waals surface area contributed by atoms with E-state index < -0.39 is 29.7 Å². The zero-order chi connectivity index (χ0) is 18.9. The molecule has 9 nitrogen and oxygen atoms in total. The van der Waals surface area contributed by atoms with E-state index in [0.717, 1.165) is 12.8 Å². The van der Waals surface area contributed by atoms with Gasteiger partial charge in [-0.2, -0.15) is 0 Å². The van der Waals surface area contributed by atoms with Gasteiger partial charge in [0.1, 0.15) is 11.8 Å². The number of H-pyrrole nitrogens is 1. The fraction of sp³-hybridized carbons (Fsp3) is 0.529. The molecule has 0 saturated carbocycles. The van der Waals surface area contributed by atoms with E-state index in [1.165, 1.54) is 10.8 Å². The molecule has 0 aliphatic carbocycles. The van der Waals surface area contributed by atoms with Gasteiger partial charge in [0.05, 0.1) is 18.8 Å². The minimum Gasteiger partial charge on any atom is -0.390 e. The highest BCUT2D eigenvalue weighted by molar-refractivity contribution is 5.29. The second-order valence-electron chi connectivity index (χ2n) is 5.77. The molecule has 0 aromatic carbocycles. The van der Waals surface area contributed by atoms with E-state index >= 15 is 0 Å². The Morgan fingerprint density at radius 1 is 1.46 bits per heavy atom. The van der Waals surface area contributed by atoms with Gasteiger partial charge < -0.3 is 9.84 Å². The first-order valence-corrected chi connectivity index (χ1v) is 8.19. The standard InChI is InChI=1S/C17H19N5O4/c1-2-3-4-5-6-7-8-12-11-22(17(25)20-16(12)24)15-9-13(23)14(26-15)10-19-21-18/h1,11,13-15,23H,3-6,9-10H2,(H,20,24,25)/t13-,14+,15+/m0/s1. The molecule has 1 aromatic rings. The third-order valence-corrected chi connectivity index (χ3v) is 3.90. The van der Waals surface area contributed by atoms with Gasteiger partial charge in [-0.1, -0.05) is 17.0 Å². The number of ether oxygens (including phenoxy) is 1. The zero-order valence-electron chi connectivity index (χ0n) is 14.1. The van der Waals surface area contributed by atoms with E-state index in [1.54, 1.807) is 0 Å². The Morgan fingerprint density at radius 2 is 2.23 bits per heavy atom. The number of hydrogen-bond acceptors (Lipinski definition) is 5. The van der Waals surface area contributed by atoms with Gasteiger partial charge in [-0.05, 0) is 18.4 Å². The van der Waals surface area contributed by atoms with E-state index in [4.69, 9.17) is 16.7 Å². The second kappa shape index (κ2) is 9.50. The van der Waals surface area contributed by atoms with Crippen molar-refractivity contribution in [2.75, 3.05) is 6.54 Å². The van der Waals surface area contributed by atoms with Gasteiger partial charge in [0, 0.05) is 30.4 Å². The van der Waals surface area contributed by atoms with Gasteiger partial charge in [-0.15, -0.1) is 12.3 Å². The number of nitrogens with zero attached hydrogens (tertiary/aromatic N) is 4. The minimum atomic E-state index is -0.880. The summed E-state index contributed by atoms with van der Waals surface area (Å²) in [5, 5.41) is 13.3. The van der Waals surface area contributed by atoms with Crippen molar-refractivity contribution >= 4 is 0 Å². The van der Waals surface area contributed by atoms with Crippen LogP contribution in [0.1, 0.15) is 43.9 Å². The summed E-state index contributed by atoms with van der Waals surface area (Å²) in [5.74, 6) is 8.18. The van der Waals surface area contributed by atoms with Crippen molar-refractivity contribution in [2.24, 2.45) is 5.11 Å². The highest BCUT2D eigenvalue weighted by atomic mass is 16.5. The number of azide groups is 1. The molecule has 2 rings (SSSR count). The predicted octanol–water partition coefficient (Wildman–Crippen LogP) is 1.04. The van der Waals surface area contributed by atoms with Crippen LogP contribution in [0, 0.1) is 24.2 Å². The number of aromatic amines is 1. The Hall–Kier alpha value is -2.97. The van der Waals surface area contributed by atoms with E-state index in [9.17, 15) is 14.7 Å². The van der Waals surface area contributed by atoms with Gasteiger partial charge in [-0.3, -0.25) is 14.3 Å². The number of aromatic nitrogens is 2. The molecule has 1 aliphatic rings. The normalized spacial score (nSPS) is 21.3. The Labute approximate surface area is 149 Å². The van der Waals surface area contributed by atoms with Gasteiger partial charge in [0.25, 0.3) is 5.56 Å². The maximum absolute atomic E-state index is 12.1. The first kappa shape index (κ1) is 19.4. The summed E-state index contributed by atoms with van der Waals surface area (Å²) in [4.78, 5) is 28.8. The van der Waals surface area contributed by atoms with E-state index in [2.05, 4.69) is 32.8 Å². The van der Waals surface area contributed by atoms with Crippen LogP contribution in [0.25, 0.3) is 10.4 Å². The molecule has 1 aromatic heterocycles. The van der Waals surface area contributed by atoms with Gasteiger partial charge in [0.2, 0.25) is 0 Å². The molecule has 0 amide bonds. The maximum atomic E-state index is 12.1. The van der Waals surface area contributed by atoms with Crippen LogP contribution in [0.2, 0.25) is 0 Å². The fourth-order valence-electron chi connectivity index (χ4n) is 2.55. The topological polar surface area (TPSA) is 133 Å². The number of terminal acetylenes is 1. The van der Waals surface area contributed by atoms with Gasteiger partial charge in [-0.25, -0.2) is 4.79 Å². The van der Waals surface area contributed by atoms with Crippen LogP contribution >= 0.6 is 0 Å². The molecule has 3 atom stereocenters.